The Labute approximate surface area is 198 Å². The van der Waals surface area contributed by atoms with E-state index in [9.17, 15) is 14.4 Å². The van der Waals surface area contributed by atoms with Gasteiger partial charge < -0.3 is 9.47 Å². The minimum Gasteiger partial charge on any atom is -0.493 e. The van der Waals surface area contributed by atoms with Crippen molar-refractivity contribution in [2.75, 3.05) is 14.2 Å². The number of halogens is 1. The van der Waals surface area contributed by atoms with E-state index in [1.54, 1.807) is 18.2 Å². The Kier molecular flexibility index (Phi) is 6.67. The number of hydrogen-bond donors (Lipinski definition) is 0. The summed E-state index contributed by atoms with van der Waals surface area (Å²) in [4.78, 5) is 40.1. The van der Waals surface area contributed by atoms with Crippen molar-refractivity contribution >= 4 is 39.6 Å². The van der Waals surface area contributed by atoms with E-state index in [1.165, 1.54) is 24.9 Å². The van der Waals surface area contributed by atoms with Gasteiger partial charge >= 0.3 is 5.69 Å². The van der Waals surface area contributed by atoms with Gasteiger partial charge in [-0.25, -0.2) is 4.79 Å². The van der Waals surface area contributed by atoms with Gasteiger partial charge in [0.05, 0.1) is 40.9 Å². The summed E-state index contributed by atoms with van der Waals surface area (Å²) in [6, 6.07) is 15.9. The van der Waals surface area contributed by atoms with Crippen LogP contribution in [0.4, 0.5) is 0 Å². The zero-order valence-corrected chi connectivity index (χ0v) is 19.6. The van der Waals surface area contributed by atoms with Crippen LogP contribution in [0.1, 0.15) is 15.2 Å². The number of hydrogen-bond acceptors (Lipinski definition) is 6. The first kappa shape index (κ1) is 22.8. The van der Waals surface area contributed by atoms with Crippen LogP contribution >= 0.6 is 22.9 Å². The molecule has 4 aromatic rings. The average molecular weight is 485 g/mol. The molecule has 0 N–H and O–H groups in total. The molecular formula is C24H21ClN2O5S. The second-order valence-electron chi connectivity index (χ2n) is 7.31. The van der Waals surface area contributed by atoms with Crippen molar-refractivity contribution in [3.8, 4) is 11.5 Å². The highest BCUT2D eigenvalue weighted by molar-refractivity contribution is 7.18. The van der Waals surface area contributed by atoms with E-state index >= 15 is 0 Å². The number of methoxy groups -OCH3 is 2. The summed E-state index contributed by atoms with van der Waals surface area (Å²) in [6.07, 6.45) is 0.489. The van der Waals surface area contributed by atoms with Gasteiger partial charge in [0.25, 0.3) is 5.56 Å². The molecule has 0 saturated carbocycles. The molecule has 0 unspecified atom stereocenters. The number of Topliss-reactive ketones (excluding diaryl/α,β-unsaturated/α-hetero) is 1. The summed E-state index contributed by atoms with van der Waals surface area (Å²) in [5.74, 6) is 0.433. The van der Waals surface area contributed by atoms with Crippen molar-refractivity contribution in [2.45, 2.75) is 19.5 Å². The smallest absolute Gasteiger partial charge is 0.331 e. The number of benzene rings is 2. The number of ketones is 1. The van der Waals surface area contributed by atoms with Crippen LogP contribution in [0.5, 0.6) is 11.5 Å². The van der Waals surface area contributed by atoms with Crippen LogP contribution < -0.4 is 20.7 Å². The van der Waals surface area contributed by atoms with Crippen LogP contribution in [0.25, 0.3) is 10.9 Å². The molecule has 0 aliphatic heterocycles. The molecule has 2 aromatic carbocycles. The van der Waals surface area contributed by atoms with E-state index in [0.717, 1.165) is 21.5 Å². The SMILES string of the molecule is COc1cc2c(=O)n(CCc3ccccc3)c(=O)n(CC(=O)c3ccc(Cl)s3)c2cc1OC. The minimum absolute atomic E-state index is 0.172. The quantitative estimate of drug-likeness (QED) is 0.353. The van der Waals surface area contributed by atoms with Gasteiger partial charge in [-0.15, -0.1) is 11.3 Å². The molecule has 0 saturated heterocycles. The topological polar surface area (TPSA) is 79.5 Å². The number of nitrogens with zero attached hydrogens (tertiary/aromatic N) is 2. The third-order valence-corrected chi connectivity index (χ3v) is 6.62. The van der Waals surface area contributed by atoms with E-state index in [0.29, 0.717) is 32.7 Å². The summed E-state index contributed by atoms with van der Waals surface area (Å²) in [5, 5.41) is 0.261. The number of fused-ring (bicyclic) bond motifs is 1. The Morgan fingerprint density at radius 1 is 0.970 bits per heavy atom. The van der Waals surface area contributed by atoms with E-state index in [4.69, 9.17) is 21.1 Å². The normalized spacial score (nSPS) is 11.0. The number of aryl methyl sites for hydroxylation is 1. The first-order valence-electron chi connectivity index (χ1n) is 10.1. The van der Waals surface area contributed by atoms with E-state index < -0.39 is 11.2 Å². The van der Waals surface area contributed by atoms with Gasteiger partial charge in [-0.1, -0.05) is 41.9 Å². The highest BCUT2D eigenvalue weighted by Crippen LogP contribution is 2.30. The third-order valence-electron chi connectivity index (χ3n) is 5.35. The Bertz CT molecular complexity index is 1440. The van der Waals surface area contributed by atoms with Gasteiger partial charge in [-0.2, -0.15) is 0 Å². The van der Waals surface area contributed by atoms with Gasteiger partial charge in [0, 0.05) is 12.6 Å². The number of carbonyl (C=O) groups is 1. The maximum absolute atomic E-state index is 13.4. The maximum Gasteiger partial charge on any atom is 0.331 e. The predicted octanol–water partition coefficient (Wildman–Crippen LogP) is 4.02. The molecule has 0 atom stereocenters. The van der Waals surface area contributed by atoms with Crippen LogP contribution in [-0.4, -0.2) is 29.1 Å². The van der Waals surface area contributed by atoms with Crippen molar-refractivity contribution < 1.29 is 14.3 Å². The fourth-order valence-corrected chi connectivity index (χ4v) is 4.64. The second kappa shape index (κ2) is 9.64. The molecule has 170 valence electrons. The molecule has 0 amide bonds. The molecule has 0 aliphatic rings. The third kappa shape index (κ3) is 4.58. The molecule has 9 heteroatoms. The van der Waals surface area contributed by atoms with Crippen LogP contribution in [0, 0.1) is 0 Å². The first-order chi connectivity index (χ1) is 15.9. The highest BCUT2D eigenvalue weighted by atomic mass is 35.5. The van der Waals surface area contributed by atoms with E-state index in [1.807, 2.05) is 30.3 Å². The fraction of sp³-hybridized carbons (Fsp3) is 0.208. The van der Waals surface area contributed by atoms with Gasteiger partial charge in [0.2, 0.25) is 0 Å². The monoisotopic (exact) mass is 484 g/mol. The summed E-state index contributed by atoms with van der Waals surface area (Å²) >= 11 is 7.12. The van der Waals surface area contributed by atoms with Crippen molar-refractivity contribution in [1.82, 2.24) is 9.13 Å². The lowest BCUT2D eigenvalue weighted by atomic mass is 10.1. The lowest BCUT2D eigenvalue weighted by Crippen LogP contribution is -2.41. The van der Waals surface area contributed by atoms with E-state index in [-0.39, 0.29) is 24.3 Å². The summed E-state index contributed by atoms with van der Waals surface area (Å²) in [7, 11) is 2.93. The van der Waals surface area contributed by atoms with Crippen molar-refractivity contribution in [2.24, 2.45) is 0 Å². The molecule has 7 nitrogen and oxygen atoms in total. The molecule has 2 heterocycles. The van der Waals surface area contributed by atoms with Crippen molar-refractivity contribution in [3.05, 3.63) is 90.2 Å². The Hall–Kier alpha value is -3.36. The maximum atomic E-state index is 13.4. The number of aromatic nitrogens is 2. The van der Waals surface area contributed by atoms with Crippen molar-refractivity contribution in [1.29, 1.82) is 0 Å². The number of ether oxygens (including phenoxy) is 2. The van der Waals surface area contributed by atoms with Crippen molar-refractivity contribution in [3.63, 3.8) is 0 Å². The first-order valence-corrected chi connectivity index (χ1v) is 11.3. The van der Waals surface area contributed by atoms with Gasteiger partial charge in [0.15, 0.2) is 17.3 Å². The molecule has 0 spiro atoms. The van der Waals surface area contributed by atoms with Gasteiger partial charge in [0.1, 0.15) is 0 Å². The highest BCUT2D eigenvalue weighted by Gasteiger charge is 2.20. The molecule has 33 heavy (non-hydrogen) atoms. The van der Waals surface area contributed by atoms with Crippen LogP contribution in [0.15, 0.2) is 64.2 Å². The number of thiophene rings is 1. The second-order valence-corrected chi connectivity index (χ2v) is 9.03. The standard InChI is InChI=1S/C24H21ClN2O5S/c1-31-19-12-16-17(13-20(19)32-2)27(14-18(28)21-8-9-22(25)33-21)24(30)26(23(16)29)11-10-15-6-4-3-5-7-15/h3-9,12-13H,10-11,14H2,1-2H3. The summed E-state index contributed by atoms with van der Waals surface area (Å²) in [5.41, 5.74) is 0.281. The van der Waals surface area contributed by atoms with Crippen LogP contribution in [-0.2, 0) is 19.5 Å². The molecule has 2 aromatic heterocycles. The molecule has 0 radical (unpaired) electrons. The number of carbonyl (C=O) groups excluding carboxylic acids is 1. The molecule has 0 bridgehead atoms. The summed E-state index contributed by atoms with van der Waals surface area (Å²) in [6.45, 7) is -0.0712. The Morgan fingerprint density at radius 2 is 1.67 bits per heavy atom. The Morgan fingerprint density at radius 3 is 2.30 bits per heavy atom. The van der Waals surface area contributed by atoms with E-state index in [2.05, 4.69) is 0 Å². The molecule has 0 aliphatic carbocycles. The average Bonchev–Trinajstić information content (AvgIpc) is 3.27. The lowest BCUT2D eigenvalue weighted by Gasteiger charge is -2.16. The zero-order chi connectivity index (χ0) is 23.5. The van der Waals surface area contributed by atoms with Gasteiger partial charge in [-0.05, 0) is 30.2 Å². The van der Waals surface area contributed by atoms with Crippen LogP contribution in [0.3, 0.4) is 0 Å². The molecule has 0 fully saturated rings. The Balaban J connectivity index is 1.87. The minimum atomic E-state index is -0.563. The van der Waals surface area contributed by atoms with Gasteiger partial charge in [-0.3, -0.25) is 18.7 Å². The lowest BCUT2D eigenvalue weighted by molar-refractivity contribution is 0.0975. The predicted molar refractivity (Wildman–Crippen MR) is 129 cm³/mol. The summed E-state index contributed by atoms with van der Waals surface area (Å²) < 4.78 is 13.7. The molecular weight excluding hydrogens is 464 g/mol. The number of rotatable bonds is 8. The van der Waals surface area contributed by atoms with Crippen LogP contribution in [0.2, 0.25) is 4.34 Å². The molecule has 4 rings (SSSR count). The fourth-order valence-electron chi connectivity index (χ4n) is 3.67. The zero-order valence-electron chi connectivity index (χ0n) is 18.0. The largest absolute Gasteiger partial charge is 0.493 e.